The highest BCUT2D eigenvalue weighted by Crippen LogP contribution is 2.39. The van der Waals surface area contributed by atoms with Gasteiger partial charge < -0.3 is 18.9 Å². The van der Waals surface area contributed by atoms with E-state index in [9.17, 15) is 9.36 Å². The average Bonchev–Trinajstić information content (AvgIpc) is 2.34. The quantitative estimate of drug-likeness (QED) is 0.365. The third-order valence-electron chi connectivity index (χ3n) is 1.98. The van der Waals surface area contributed by atoms with Gasteiger partial charge in [-0.05, 0) is 0 Å². The van der Waals surface area contributed by atoms with Crippen LogP contribution in [0.2, 0.25) is 0 Å². The summed E-state index contributed by atoms with van der Waals surface area (Å²) in [6, 6.07) is 0. The molecule has 0 aliphatic heterocycles. The van der Waals surface area contributed by atoms with Crippen molar-refractivity contribution in [1.82, 2.24) is 0 Å². The number of methoxy groups -OCH3 is 4. The molecule has 0 amide bonds. The van der Waals surface area contributed by atoms with E-state index in [1.807, 2.05) is 0 Å². The third kappa shape index (κ3) is 2.93. The molecule has 0 bridgehead atoms. The summed E-state index contributed by atoms with van der Waals surface area (Å²) < 4.78 is 31.6. The Morgan fingerprint density at radius 3 is 1.94 bits per heavy atom. The molecule has 0 aromatic carbocycles. The van der Waals surface area contributed by atoms with Crippen LogP contribution in [0.4, 0.5) is 0 Å². The van der Waals surface area contributed by atoms with Gasteiger partial charge in [0, 0.05) is 34.5 Å². The fourth-order valence-corrected chi connectivity index (χ4v) is 2.35. The van der Waals surface area contributed by atoms with Gasteiger partial charge in [0.15, 0.2) is 0 Å². The van der Waals surface area contributed by atoms with Crippen LogP contribution in [0.3, 0.4) is 0 Å². The van der Waals surface area contributed by atoms with Gasteiger partial charge in [-0.25, -0.2) is 4.79 Å². The first-order chi connectivity index (χ1) is 7.52. The van der Waals surface area contributed by atoms with Crippen molar-refractivity contribution in [2.45, 2.75) is 11.8 Å². The number of hydrogen-bond acceptors (Lipinski definition) is 6. The second-order valence-electron chi connectivity index (χ2n) is 2.67. The van der Waals surface area contributed by atoms with Crippen LogP contribution >= 0.6 is 7.80 Å². The zero-order valence-corrected chi connectivity index (χ0v) is 10.7. The molecule has 0 saturated heterocycles. The SMILES string of the molecule is C=CC(=O)[P+](=O)C(OC)C(OC)(OC)OC. The van der Waals surface area contributed by atoms with E-state index in [1.165, 1.54) is 28.4 Å². The largest absolute Gasteiger partial charge is 0.459 e. The zero-order chi connectivity index (χ0) is 12.8. The summed E-state index contributed by atoms with van der Waals surface area (Å²) in [5.41, 5.74) is -0.655. The number of allylic oxidation sites excluding steroid dienone is 1. The highest BCUT2D eigenvalue weighted by molar-refractivity contribution is 7.64. The molecule has 0 aliphatic rings. The number of carbonyl (C=O) groups is 1. The minimum absolute atomic E-state index is 0.655. The molecule has 7 heteroatoms. The maximum atomic E-state index is 11.8. The predicted molar refractivity (Wildman–Crippen MR) is 57.4 cm³/mol. The Bertz CT molecular complexity index is 265. The summed E-state index contributed by atoms with van der Waals surface area (Å²) in [7, 11) is 2.74. The number of carbonyl (C=O) groups excluding carboxylic acids is 1. The molecule has 92 valence electrons. The lowest BCUT2D eigenvalue weighted by Crippen LogP contribution is -2.47. The van der Waals surface area contributed by atoms with E-state index >= 15 is 0 Å². The van der Waals surface area contributed by atoms with E-state index in [1.54, 1.807) is 0 Å². The van der Waals surface area contributed by atoms with Crippen molar-refractivity contribution < 1.29 is 28.3 Å². The van der Waals surface area contributed by atoms with E-state index in [-0.39, 0.29) is 0 Å². The number of hydrogen-bond donors (Lipinski definition) is 0. The fraction of sp³-hybridized carbons (Fsp3) is 0.667. The van der Waals surface area contributed by atoms with Crippen molar-refractivity contribution >= 4 is 13.3 Å². The summed E-state index contributed by atoms with van der Waals surface area (Å²) >= 11 is 0. The molecule has 0 aromatic heterocycles. The minimum atomic E-state index is -2.41. The Balaban J connectivity index is 5.16. The van der Waals surface area contributed by atoms with E-state index in [4.69, 9.17) is 18.9 Å². The third-order valence-corrected chi connectivity index (χ3v) is 3.55. The number of ether oxygens (including phenoxy) is 4. The lowest BCUT2D eigenvalue weighted by atomic mass is 10.5. The summed E-state index contributed by atoms with van der Waals surface area (Å²) in [5.74, 6) is -2.85. The summed E-state index contributed by atoms with van der Waals surface area (Å²) in [6.07, 6.45) is 0.955. The molecule has 0 radical (unpaired) electrons. The second kappa shape index (κ2) is 6.83. The molecule has 0 spiro atoms. The smallest absolute Gasteiger partial charge is 0.332 e. The Hall–Kier alpha value is -0.650. The Morgan fingerprint density at radius 2 is 1.69 bits per heavy atom. The summed E-state index contributed by atoms with van der Waals surface area (Å²) in [6.45, 7) is 3.25. The topological polar surface area (TPSA) is 71.1 Å². The first kappa shape index (κ1) is 15.3. The van der Waals surface area contributed by atoms with Gasteiger partial charge in [-0.1, -0.05) is 11.1 Å². The second-order valence-corrected chi connectivity index (χ2v) is 4.23. The van der Waals surface area contributed by atoms with Gasteiger partial charge in [0.05, 0.1) is 0 Å². The highest BCUT2D eigenvalue weighted by atomic mass is 31.1. The summed E-state index contributed by atoms with van der Waals surface area (Å²) in [5, 5.41) is 0. The first-order valence-electron chi connectivity index (χ1n) is 4.34. The molecule has 0 aromatic rings. The molecule has 16 heavy (non-hydrogen) atoms. The van der Waals surface area contributed by atoms with Gasteiger partial charge in [-0.15, -0.1) is 0 Å². The maximum Gasteiger partial charge on any atom is 0.459 e. The van der Waals surface area contributed by atoms with Gasteiger partial charge in [0.1, 0.15) is 0 Å². The predicted octanol–water partition coefficient (Wildman–Crippen LogP) is 1.09. The molecule has 0 N–H and O–H groups in total. The fourth-order valence-electron chi connectivity index (χ4n) is 1.14. The molecular weight excluding hydrogens is 235 g/mol. The van der Waals surface area contributed by atoms with E-state index in [0.717, 1.165) is 6.08 Å². The van der Waals surface area contributed by atoms with Gasteiger partial charge in [0.25, 0.3) is 0 Å². The van der Waals surface area contributed by atoms with Crippen molar-refractivity contribution in [3.8, 4) is 0 Å². The highest BCUT2D eigenvalue weighted by Gasteiger charge is 2.56. The van der Waals surface area contributed by atoms with Crippen LogP contribution in [0.1, 0.15) is 0 Å². The zero-order valence-electron chi connectivity index (χ0n) is 9.76. The van der Waals surface area contributed by atoms with Crippen molar-refractivity contribution in [2.24, 2.45) is 0 Å². The monoisotopic (exact) mass is 251 g/mol. The van der Waals surface area contributed by atoms with Crippen molar-refractivity contribution in [3.63, 3.8) is 0 Å². The van der Waals surface area contributed by atoms with Gasteiger partial charge in [-0.3, -0.25) is 0 Å². The van der Waals surface area contributed by atoms with Crippen LogP contribution in [0.5, 0.6) is 0 Å². The van der Waals surface area contributed by atoms with E-state index in [2.05, 4.69) is 6.58 Å². The Kier molecular flexibility index (Phi) is 6.55. The van der Waals surface area contributed by atoms with Crippen LogP contribution in [-0.4, -0.2) is 45.8 Å². The van der Waals surface area contributed by atoms with Crippen LogP contribution in [0.25, 0.3) is 0 Å². The maximum absolute atomic E-state index is 11.8. The van der Waals surface area contributed by atoms with Crippen molar-refractivity contribution in [1.29, 1.82) is 0 Å². The normalized spacial score (nSPS) is 14.4. The van der Waals surface area contributed by atoms with Gasteiger partial charge in [0.2, 0.25) is 0 Å². The van der Waals surface area contributed by atoms with Crippen molar-refractivity contribution in [2.75, 3.05) is 28.4 Å². The molecule has 0 aliphatic carbocycles. The van der Waals surface area contributed by atoms with Gasteiger partial charge in [-0.2, -0.15) is 0 Å². The molecule has 6 nitrogen and oxygen atoms in total. The molecule has 2 atom stereocenters. The average molecular weight is 251 g/mol. The first-order valence-corrected chi connectivity index (χ1v) is 5.66. The molecule has 0 saturated carbocycles. The van der Waals surface area contributed by atoms with Crippen LogP contribution in [-0.2, 0) is 28.3 Å². The van der Waals surface area contributed by atoms with Crippen LogP contribution in [0, 0.1) is 0 Å². The summed E-state index contributed by atoms with van der Waals surface area (Å²) in [4.78, 5) is 11.3. The lowest BCUT2D eigenvalue weighted by Gasteiger charge is -2.28. The van der Waals surface area contributed by atoms with Crippen molar-refractivity contribution in [3.05, 3.63) is 12.7 Å². The Labute approximate surface area is 95.3 Å². The van der Waals surface area contributed by atoms with Crippen LogP contribution < -0.4 is 0 Å². The molecule has 0 fully saturated rings. The van der Waals surface area contributed by atoms with Gasteiger partial charge >= 0.3 is 25.1 Å². The van der Waals surface area contributed by atoms with Crippen LogP contribution in [0.15, 0.2) is 12.7 Å². The molecule has 0 rings (SSSR count). The number of rotatable bonds is 8. The standard InChI is InChI=1S/C9H16O6P/c1-6-7(10)16(11)8(12-2)9(13-3,14-4)15-5/h6,8H,1H2,2-5H3/q+1. The molecule has 2 unspecified atom stereocenters. The molecule has 0 heterocycles. The molecular formula is C9H16O6P+. The Morgan fingerprint density at radius 1 is 1.25 bits per heavy atom. The lowest BCUT2D eigenvalue weighted by molar-refractivity contribution is -0.375. The van der Waals surface area contributed by atoms with E-state index in [0.29, 0.717) is 0 Å². The minimum Gasteiger partial charge on any atom is -0.332 e. The van der Waals surface area contributed by atoms with E-state index < -0.39 is 25.1 Å².